The highest BCUT2D eigenvalue weighted by Gasteiger charge is 2.10. The van der Waals surface area contributed by atoms with Crippen LogP contribution in [0.25, 0.3) is 0 Å². The lowest BCUT2D eigenvalue weighted by molar-refractivity contribution is -0.121. The molecule has 0 unspecified atom stereocenters. The second-order valence-electron chi connectivity index (χ2n) is 5.73. The number of rotatable bonds is 6. The third-order valence-electron chi connectivity index (χ3n) is 4.15. The van der Waals surface area contributed by atoms with Crippen molar-refractivity contribution in [1.82, 2.24) is 5.43 Å². The van der Waals surface area contributed by atoms with E-state index in [4.69, 9.17) is 5.84 Å². The van der Waals surface area contributed by atoms with Crippen molar-refractivity contribution in [2.75, 3.05) is 0 Å². The van der Waals surface area contributed by atoms with E-state index >= 15 is 0 Å². The number of hydrogen-bond acceptors (Lipinski definition) is 2. The van der Waals surface area contributed by atoms with Crippen LogP contribution in [-0.4, -0.2) is 5.91 Å². The van der Waals surface area contributed by atoms with Gasteiger partial charge >= 0.3 is 0 Å². The molecule has 1 amide bonds. The normalized spacial score (nSPS) is 18.7. The van der Waals surface area contributed by atoms with Gasteiger partial charge in [-0.2, -0.15) is 0 Å². The number of nitrogens with one attached hydrogen (secondary N) is 1. The summed E-state index contributed by atoms with van der Waals surface area (Å²) in [5.41, 5.74) is 2.19. The van der Waals surface area contributed by atoms with Gasteiger partial charge in [-0.15, -0.1) is 0 Å². The van der Waals surface area contributed by atoms with Crippen molar-refractivity contribution >= 4 is 5.91 Å². The second kappa shape index (κ2) is 10.4. The predicted octanol–water partition coefficient (Wildman–Crippen LogP) is 3.68. The predicted molar refractivity (Wildman–Crippen MR) is 75.8 cm³/mol. The number of unbranched alkanes of at least 4 members (excludes halogenated alkanes) is 2. The first-order valence-electron chi connectivity index (χ1n) is 7.82. The number of amides is 1. The summed E-state index contributed by atoms with van der Waals surface area (Å²) in [6.45, 7) is 0. The maximum Gasteiger partial charge on any atom is 0.233 e. The Morgan fingerprint density at radius 2 is 1.56 bits per heavy atom. The molecule has 0 aromatic rings. The molecule has 0 bridgehead atoms. The first kappa shape index (κ1) is 15.5. The molecule has 1 fully saturated rings. The Bertz CT molecular complexity index is 209. The van der Waals surface area contributed by atoms with Gasteiger partial charge in [0.1, 0.15) is 0 Å². The fourth-order valence-electron chi connectivity index (χ4n) is 2.97. The summed E-state index contributed by atoms with van der Waals surface area (Å²) in [4.78, 5) is 11.0. The van der Waals surface area contributed by atoms with Gasteiger partial charge in [-0.25, -0.2) is 5.84 Å². The van der Waals surface area contributed by atoms with E-state index in [2.05, 4.69) is 5.43 Å². The lowest BCUT2D eigenvalue weighted by Gasteiger charge is -2.15. The van der Waals surface area contributed by atoms with Crippen LogP contribution in [0.1, 0.15) is 83.5 Å². The molecule has 3 heteroatoms. The van der Waals surface area contributed by atoms with Gasteiger partial charge in [0.2, 0.25) is 5.91 Å². The summed E-state index contributed by atoms with van der Waals surface area (Å²) >= 11 is 0. The van der Waals surface area contributed by atoms with Crippen LogP contribution in [0.3, 0.4) is 0 Å². The van der Waals surface area contributed by atoms with Gasteiger partial charge < -0.3 is 0 Å². The minimum Gasteiger partial charge on any atom is -0.294 e. The van der Waals surface area contributed by atoms with Gasteiger partial charge in [0.25, 0.3) is 0 Å². The molecule has 1 saturated carbocycles. The largest absolute Gasteiger partial charge is 0.294 e. The monoisotopic (exact) mass is 254 g/mol. The Labute approximate surface area is 112 Å². The molecule has 1 aliphatic rings. The standard InChI is InChI=1S/C15H30N2O/c16-17-15(18)13-9-5-8-12-14-10-6-3-1-2-4-7-11-14/h14H,1-13,16H2,(H,17,18). The van der Waals surface area contributed by atoms with Crippen LogP contribution in [0.2, 0.25) is 0 Å². The second-order valence-corrected chi connectivity index (χ2v) is 5.73. The summed E-state index contributed by atoms with van der Waals surface area (Å²) in [6, 6.07) is 0. The van der Waals surface area contributed by atoms with E-state index in [-0.39, 0.29) is 5.91 Å². The van der Waals surface area contributed by atoms with Crippen molar-refractivity contribution in [3.8, 4) is 0 Å². The number of carbonyl (C=O) groups excluding carboxylic acids is 1. The average Bonchev–Trinajstić information content (AvgIpc) is 2.52. The van der Waals surface area contributed by atoms with Crippen LogP contribution in [0.4, 0.5) is 0 Å². The molecule has 0 saturated heterocycles. The van der Waals surface area contributed by atoms with Crippen LogP contribution in [0.5, 0.6) is 0 Å². The number of hydrogen-bond donors (Lipinski definition) is 2. The summed E-state index contributed by atoms with van der Waals surface area (Å²) in [6.07, 6.45) is 16.9. The molecule has 0 atom stereocenters. The van der Waals surface area contributed by atoms with Gasteiger partial charge in [0, 0.05) is 6.42 Å². The molecular formula is C15H30N2O. The lowest BCUT2D eigenvalue weighted by Crippen LogP contribution is -2.29. The minimum atomic E-state index is -0.0301. The van der Waals surface area contributed by atoms with E-state index in [0.29, 0.717) is 6.42 Å². The van der Waals surface area contributed by atoms with E-state index in [1.54, 1.807) is 0 Å². The minimum absolute atomic E-state index is 0.0301. The SMILES string of the molecule is NNC(=O)CCCCCC1CCCCCCCC1. The Kier molecular flexibility index (Phi) is 8.92. The van der Waals surface area contributed by atoms with Crippen LogP contribution in [0.15, 0.2) is 0 Å². The van der Waals surface area contributed by atoms with Crippen molar-refractivity contribution in [3.05, 3.63) is 0 Å². The van der Waals surface area contributed by atoms with Crippen molar-refractivity contribution in [1.29, 1.82) is 0 Å². The maximum absolute atomic E-state index is 11.0. The third-order valence-corrected chi connectivity index (χ3v) is 4.15. The lowest BCUT2D eigenvalue weighted by atomic mass is 9.91. The maximum atomic E-state index is 11.0. The fraction of sp³-hybridized carbons (Fsp3) is 0.933. The average molecular weight is 254 g/mol. The van der Waals surface area contributed by atoms with E-state index < -0.39 is 0 Å². The van der Waals surface area contributed by atoms with Crippen molar-refractivity contribution < 1.29 is 4.79 Å². The highest BCUT2D eigenvalue weighted by atomic mass is 16.2. The Balaban J connectivity index is 2.03. The third kappa shape index (κ3) is 7.70. The molecule has 0 aromatic carbocycles. The van der Waals surface area contributed by atoms with Gasteiger partial charge in [-0.3, -0.25) is 10.2 Å². The zero-order valence-corrected chi connectivity index (χ0v) is 11.8. The molecule has 1 rings (SSSR count). The molecule has 3 nitrogen and oxygen atoms in total. The molecule has 0 radical (unpaired) electrons. The molecule has 0 spiro atoms. The molecule has 0 heterocycles. The summed E-state index contributed by atoms with van der Waals surface area (Å²) in [5.74, 6) is 5.97. The van der Waals surface area contributed by atoms with Crippen LogP contribution in [-0.2, 0) is 4.79 Å². The van der Waals surface area contributed by atoms with Crippen LogP contribution >= 0.6 is 0 Å². The van der Waals surface area contributed by atoms with Crippen molar-refractivity contribution in [2.24, 2.45) is 11.8 Å². The van der Waals surface area contributed by atoms with Crippen LogP contribution < -0.4 is 11.3 Å². The van der Waals surface area contributed by atoms with Gasteiger partial charge in [0.05, 0.1) is 0 Å². The Hall–Kier alpha value is -0.570. The van der Waals surface area contributed by atoms with E-state index in [9.17, 15) is 4.79 Å². The topological polar surface area (TPSA) is 55.1 Å². The summed E-state index contributed by atoms with van der Waals surface area (Å²) in [5, 5.41) is 0. The molecular weight excluding hydrogens is 224 g/mol. The first-order valence-corrected chi connectivity index (χ1v) is 7.82. The van der Waals surface area contributed by atoms with Gasteiger partial charge in [-0.05, 0) is 12.3 Å². The molecule has 0 aliphatic heterocycles. The highest BCUT2D eigenvalue weighted by molar-refractivity contribution is 5.74. The Morgan fingerprint density at radius 3 is 2.17 bits per heavy atom. The van der Waals surface area contributed by atoms with Crippen molar-refractivity contribution in [2.45, 2.75) is 83.5 Å². The van der Waals surface area contributed by atoms with Crippen LogP contribution in [0, 0.1) is 5.92 Å². The van der Waals surface area contributed by atoms with Gasteiger partial charge in [0.15, 0.2) is 0 Å². The zero-order chi connectivity index (χ0) is 13.1. The van der Waals surface area contributed by atoms with E-state index in [1.807, 2.05) is 0 Å². The number of carbonyl (C=O) groups is 1. The molecule has 106 valence electrons. The molecule has 1 aliphatic carbocycles. The van der Waals surface area contributed by atoms with Gasteiger partial charge in [-0.1, -0.05) is 70.6 Å². The smallest absolute Gasteiger partial charge is 0.233 e. The van der Waals surface area contributed by atoms with Crippen molar-refractivity contribution in [3.63, 3.8) is 0 Å². The van der Waals surface area contributed by atoms with E-state index in [0.717, 1.165) is 12.3 Å². The summed E-state index contributed by atoms with van der Waals surface area (Å²) in [7, 11) is 0. The zero-order valence-electron chi connectivity index (χ0n) is 11.8. The fourth-order valence-corrected chi connectivity index (χ4v) is 2.97. The number of nitrogens with two attached hydrogens (primary N) is 1. The first-order chi connectivity index (χ1) is 8.83. The summed E-state index contributed by atoms with van der Waals surface area (Å²) < 4.78 is 0. The molecule has 18 heavy (non-hydrogen) atoms. The molecule has 0 aromatic heterocycles. The Morgan fingerprint density at radius 1 is 0.944 bits per heavy atom. The number of hydrazine groups is 1. The quantitative estimate of drug-likeness (QED) is 0.329. The molecule has 3 N–H and O–H groups in total. The van der Waals surface area contributed by atoms with E-state index in [1.165, 1.54) is 70.6 Å². The highest BCUT2D eigenvalue weighted by Crippen LogP contribution is 2.26.